The van der Waals surface area contributed by atoms with Gasteiger partial charge in [0.05, 0.1) is 23.5 Å². The van der Waals surface area contributed by atoms with Crippen LogP contribution in [0.25, 0.3) is 0 Å². The molecule has 1 aliphatic heterocycles. The average Bonchev–Trinajstić information content (AvgIpc) is 2.93. The van der Waals surface area contributed by atoms with E-state index in [2.05, 4.69) is 27.1 Å². The van der Waals surface area contributed by atoms with Gasteiger partial charge in [-0.1, -0.05) is 0 Å². The number of H-pyrrole nitrogens is 1. The number of hydrogen-bond donors (Lipinski definition) is 1. The highest BCUT2D eigenvalue weighted by atomic mass is 16.2. The third-order valence-electron chi connectivity index (χ3n) is 5.74. The number of anilines is 1. The van der Waals surface area contributed by atoms with E-state index in [0.29, 0.717) is 6.54 Å². The lowest BCUT2D eigenvalue weighted by atomic mass is 9.96. The highest BCUT2D eigenvalue weighted by Gasteiger charge is 2.28. The van der Waals surface area contributed by atoms with Crippen LogP contribution >= 0.6 is 0 Å². The molecule has 8 nitrogen and oxygen atoms in total. The quantitative estimate of drug-likeness (QED) is 0.811. The van der Waals surface area contributed by atoms with Gasteiger partial charge in [-0.2, -0.15) is 10.2 Å². The van der Waals surface area contributed by atoms with Gasteiger partial charge < -0.3 is 9.80 Å². The molecule has 1 saturated heterocycles. The van der Waals surface area contributed by atoms with Gasteiger partial charge in [0.2, 0.25) is 5.91 Å². The molecule has 2 aromatic rings. The van der Waals surface area contributed by atoms with Gasteiger partial charge in [0.15, 0.2) is 0 Å². The molecule has 0 radical (unpaired) electrons. The zero-order valence-corrected chi connectivity index (χ0v) is 17.2. The summed E-state index contributed by atoms with van der Waals surface area (Å²) in [4.78, 5) is 28.4. The number of hydrogen-bond acceptors (Lipinski definition) is 5. The molecule has 0 aliphatic carbocycles. The molecule has 0 unspecified atom stereocenters. The first kappa shape index (κ1) is 20.1. The molecule has 1 N–H and O–H groups in total. The highest BCUT2D eigenvalue weighted by Crippen LogP contribution is 2.23. The van der Waals surface area contributed by atoms with Crippen molar-refractivity contribution in [2.24, 2.45) is 13.0 Å². The summed E-state index contributed by atoms with van der Waals surface area (Å²) >= 11 is 0. The summed E-state index contributed by atoms with van der Waals surface area (Å²) in [6.45, 7) is 6.34. The van der Waals surface area contributed by atoms with Crippen LogP contribution in [0.15, 0.2) is 17.1 Å². The van der Waals surface area contributed by atoms with E-state index in [0.717, 1.165) is 50.2 Å². The van der Waals surface area contributed by atoms with Crippen LogP contribution < -0.4 is 10.5 Å². The maximum Gasteiger partial charge on any atom is 0.266 e. The summed E-state index contributed by atoms with van der Waals surface area (Å²) in [5.74, 6) is 0.141. The summed E-state index contributed by atoms with van der Waals surface area (Å²) in [6.07, 6.45) is 5.32. The Morgan fingerprint density at radius 1 is 1.39 bits per heavy atom. The Hall–Kier alpha value is -2.64. The van der Waals surface area contributed by atoms with Crippen LogP contribution in [0.2, 0.25) is 0 Å². The van der Waals surface area contributed by atoms with Crippen LogP contribution in [0.5, 0.6) is 0 Å². The van der Waals surface area contributed by atoms with Crippen molar-refractivity contribution >= 4 is 11.6 Å². The fraction of sp³-hybridized carbons (Fsp3) is 0.600. The second-order valence-corrected chi connectivity index (χ2v) is 7.72. The smallest absolute Gasteiger partial charge is 0.266 e. The van der Waals surface area contributed by atoms with E-state index in [4.69, 9.17) is 0 Å². The van der Waals surface area contributed by atoms with E-state index < -0.39 is 0 Å². The number of carbonyl (C=O) groups is 1. The predicted molar refractivity (Wildman–Crippen MR) is 108 cm³/mol. The van der Waals surface area contributed by atoms with Crippen molar-refractivity contribution in [1.82, 2.24) is 24.9 Å². The molecule has 0 bridgehead atoms. The summed E-state index contributed by atoms with van der Waals surface area (Å²) in [6, 6.07) is 1.54. The zero-order chi connectivity index (χ0) is 20.3. The van der Waals surface area contributed by atoms with E-state index in [-0.39, 0.29) is 17.4 Å². The first-order valence-electron chi connectivity index (χ1n) is 9.90. The van der Waals surface area contributed by atoms with Crippen molar-refractivity contribution in [2.45, 2.75) is 39.5 Å². The molecule has 1 fully saturated rings. The molecule has 152 valence electrons. The van der Waals surface area contributed by atoms with Gasteiger partial charge in [-0.3, -0.25) is 14.3 Å². The molecule has 3 heterocycles. The topological polar surface area (TPSA) is 87.1 Å². The molecule has 1 atom stereocenters. The summed E-state index contributed by atoms with van der Waals surface area (Å²) < 4.78 is 1.92. The number of aromatic amines is 1. The van der Waals surface area contributed by atoms with Gasteiger partial charge in [0.25, 0.3) is 5.56 Å². The minimum atomic E-state index is -0.218. The van der Waals surface area contributed by atoms with Crippen LogP contribution in [0, 0.1) is 19.8 Å². The van der Waals surface area contributed by atoms with E-state index in [1.165, 1.54) is 11.3 Å². The number of carbonyl (C=O) groups excluding carboxylic acids is 1. The van der Waals surface area contributed by atoms with Crippen molar-refractivity contribution in [3.63, 3.8) is 0 Å². The minimum absolute atomic E-state index is 0.0418. The molecule has 8 heteroatoms. The van der Waals surface area contributed by atoms with Gasteiger partial charge in [-0.15, -0.1) is 0 Å². The average molecular weight is 387 g/mol. The molecular formula is C20H30N6O2. The van der Waals surface area contributed by atoms with Crippen LogP contribution in [0.4, 0.5) is 5.69 Å². The van der Waals surface area contributed by atoms with Crippen LogP contribution in [-0.4, -0.2) is 57.5 Å². The van der Waals surface area contributed by atoms with Gasteiger partial charge in [-0.25, -0.2) is 5.10 Å². The van der Waals surface area contributed by atoms with Crippen LogP contribution in [-0.2, 0) is 18.3 Å². The SMILES string of the molecule is Cc1nn(C)c(C)c1CCCN(C)C(=O)[C@H]1CCCN(c2cn[nH]c(=O)c2)C1. The molecular weight excluding hydrogens is 356 g/mol. The molecule has 1 amide bonds. The maximum atomic E-state index is 12.9. The van der Waals surface area contributed by atoms with Gasteiger partial charge in [0, 0.05) is 45.5 Å². The van der Waals surface area contributed by atoms with Gasteiger partial charge in [-0.05, 0) is 45.1 Å². The molecule has 0 saturated carbocycles. The Balaban J connectivity index is 1.54. The number of aromatic nitrogens is 4. The molecule has 3 rings (SSSR count). The fourth-order valence-electron chi connectivity index (χ4n) is 4.05. The lowest BCUT2D eigenvalue weighted by Crippen LogP contribution is -2.44. The third kappa shape index (κ3) is 4.43. The predicted octanol–water partition coefficient (Wildman–Crippen LogP) is 1.43. The number of piperidine rings is 1. The van der Waals surface area contributed by atoms with Gasteiger partial charge in [0.1, 0.15) is 0 Å². The van der Waals surface area contributed by atoms with E-state index in [1.807, 2.05) is 30.6 Å². The number of rotatable bonds is 6. The number of nitrogens with zero attached hydrogens (tertiary/aromatic N) is 5. The van der Waals surface area contributed by atoms with Crippen LogP contribution in [0.1, 0.15) is 36.2 Å². The van der Waals surface area contributed by atoms with Crippen LogP contribution in [0.3, 0.4) is 0 Å². The minimum Gasteiger partial charge on any atom is -0.369 e. The Labute approximate surface area is 165 Å². The largest absolute Gasteiger partial charge is 0.369 e. The molecule has 2 aromatic heterocycles. The second kappa shape index (κ2) is 8.58. The zero-order valence-electron chi connectivity index (χ0n) is 17.2. The first-order valence-corrected chi connectivity index (χ1v) is 9.90. The van der Waals surface area contributed by atoms with Crippen molar-refractivity contribution in [2.75, 3.05) is 31.6 Å². The summed E-state index contributed by atoms with van der Waals surface area (Å²) in [7, 11) is 3.85. The molecule has 0 aromatic carbocycles. The lowest BCUT2D eigenvalue weighted by molar-refractivity contribution is -0.134. The number of aryl methyl sites for hydroxylation is 2. The van der Waals surface area contributed by atoms with Gasteiger partial charge >= 0.3 is 0 Å². The fourth-order valence-corrected chi connectivity index (χ4v) is 4.05. The molecule has 28 heavy (non-hydrogen) atoms. The number of nitrogens with one attached hydrogen (secondary N) is 1. The van der Waals surface area contributed by atoms with Crippen molar-refractivity contribution < 1.29 is 4.79 Å². The van der Waals surface area contributed by atoms with E-state index in [9.17, 15) is 9.59 Å². The monoisotopic (exact) mass is 386 g/mol. The molecule has 1 aliphatic rings. The molecule has 0 spiro atoms. The van der Waals surface area contributed by atoms with E-state index in [1.54, 1.807) is 12.3 Å². The lowest BCUT2D eigenvalue weighted by Gasteiger charge is -2.35. The third-order valence-corrected chi connectivity index (χ3v) is 5.74. The Morgan fingerprint density at radius 3 is 2.86 bits per heavy atom. The maximum absolute atomic E-state index is 12.9. The highest BCUT2D eigenvalue weighted by molar-refractivity contribution is 5.79. The van der Waals surface area contributed by atoms with Crippen molar-refractivity contribution in [1.29, 1.82) is 0 Å². The Morgan fingerprint density at radius 2 is 2.18 bits per heavy atom. The summed E-state index contributed by atoms with van der Waals surface area (Å²) in [5, 5.41) is 10.7. The van der Waals surface area contributed by atoms with Crippen molar-refractivity contribution in [3.8, 4) is 0 Å². The Kier molecular flexibility index (Phi) is 6.16. The summed E-state index contributed by atoms with van der Waals surface area (Å²) in [5.41, 5.74) is 4.12. The standard InChI is InChI=1S/C20H30N6O2/c1-14-18(15(2)25(4)23-14)8-6-9-24(3)20(28)16-7-5-10-26(13-16)17-11-19(27)22-21-12-17/h11-12,16H,5-10,13H2,1-4H3,(H,22,27)/t16-/m0/s1. The first-order chi connectivity index (χ1) is 13.4. The Bertz CT molecular complexity index is 887. The van der Waals surface area contributed by atoms with E-state index >= 15 is 0 Å². The second-order valence-electron chi connectivity index (χ2n) is 7.72. The number of amides is 1. The van der Waals surface area contributed by atoms with Crippen molar-refractivity contribution in [3.05, 3.63) is 39.6 Å². The normalized spacial score (nSPS) is 17.0.